The minimum absolute atomic E-state index is 0.141. The molecule has 0 radical (unpaired) electrons. The highest BCUT2D eigenvalue weighted by Gasteiger charge is 2.12. The summed E-state index contributed by atoms with van der Waals surface area (Å²) in [6.45, 7) is 4.04. The average molecular weight is 633 g/mol. The Balaban J connectivity index is 3.58. The van der Waals surface area contributed by atoms with Crippen LogP contribution < -0.4 is 0 Å². The molecule has 0 aromatic heterocycles. The van der Waals surface area contributed by atoms with Gasteiger partial charge in [0.05, 0.1) is 6.10 Å². The summed E-state index contributed by atoms with van der Waals surface area (Å²) in [6.07, 6.45) is 39.4. The topological polar surface area (TPSA) is 93.1 Å². The van der Waals surface area contributed by atoms with Crippen LogP contribution in [0.1, 0.15) is 162 Å². The zero-order chi connectivity index (χ0) is 33.1. The Morgan fingerprint density at radius 1 is 0.511 bits per heavy atom. The fraction of sp³-hybridized carbons (Fsp3) is 0.744. The predicted octanol–water partition coefficient (Wildman–Crippen LogP) is 10.0. The van der Waals surface area contributed by atoms with Gasteiger partial charge >= 0.3 is 11.9 Å². The molecule has 0 saturated carbocycles. The van der Waals surface area contributed by atoms with Crippen molar-refractivity contribution in [1.82, 2.24) is 0 Å². The smallest absolute Gasteiger partial charge is 0.305 e. The lowest BCUT2D eigenvalue weighted by molar-refractivity contribution is -0.152. The molecule has 260 valence electrons. The minimum Gasteiger partial charge on any atom is -0.463 e. The third kappa shape index (κ3) is 34.5. The average Bonchev–Trinajstić information content (AvgIpc) is 3.03. The molecular formula is C39H68O6. The van der Waals surface area contributed by atoms with Gasteiger partial charge < -0.3 is 19.7 Å². The quantitative estimate of drug-likeness (QED) is 0.0435. The summed E-state index contributed by atoms with van der Waals surface area (Å²) >= 11 is 0. The second-order valence-electron chi connectivity index (χ2n) is 12.2. The lowest BCUT2D eigenvalue weighted by Gasteiger charge is -2.12. The van der Waals surface area contributed by atoms with E-state index in [0.29, 0.717) is 19.3 Å². The Hall–Kier alpha value is -2.18. The third-order valence-corrected chi connectivity index (χ3v) is 7.62. The highest BCUT2D eigenvalue weighted by Crippen LogP contribution is 2.13. The van der Waals surface area contributed by atoms with Crippen molar-refractivity contribution in [3.63, 3.8) is 0 Å². The number of aliphatic hydroxyl groups is 2. The zero-order valence-corrected chi connectivity index (χ0v) is 29.0. The van der Waals surface area contributed by atoms with Gasteiger partial charge in [-0.2, -0.15) is 0 Å². The number of aliphatic hydroxyl groups excluding tert-OH is 2. The van der Waals surface area contributed by atoms with Gasteiger partial charge in [0.25, 0.3) is 0 Å². The summed E-state index contributed by atoms with van der Waals surface area (Å²) in [7, 11) is 0. The number of allylic oxidation sites excluding steroid dienone is 7. The number of ether oxygens (including phenoxy) is 2. The number of rotatable bonds is 32. The van der Waals surface area contributed by atoms with E-state index in [-0.39, 0.29) is 31.3 Å². The molecule has 0 aliphatic heterocycles. The maximum Gasteiger partial charge on any atom is 0.305 e. The molecule has 0 aliphatic rings. The van der Waals surface area contributed by atoms with Crippen LogP contribution in [-0.4, -0.2) is 47.6 Å². The summed E-state index contributed by atoms with van der Waals surface area (Å²) in [5.74, 6) is -0.649. The van der Waals surface area contributed by atoms with Crippen molar-refractivity contribution >= 4 is 11.9 Å². The molecule has 0 fully saturated rings. The molecule has 0 amide bonds. The lowest BCUT2D eigenvalue weighted by Crippen LogP contribution is -2.25. The van der Waals surface area contributed by atoms with Gasteiger partial charge in [-0.25, -0.2) is 0 Å². The fourth-order valence-electron chi connectivity index (χ4n) is 4.86. The molecule has 0 bridgehead atoms. The van der Waals surface area contributed by atoms with Gasteiger partial charge in [0.2, 0.25) is 0 Å². The second-order valence-corrected chi connectivity index (χ2v) is 12.2. The molecule has 0 spiro atoms. The maximum absolute atomic E-state index is 11.9. The van der Waals surface area contributed by atoms with Crippen LogP contribution in [-0.2, 0) is 19.1 Å². The van der Waals surface area contributed by atoms with Gasteiger partial charge in [0.1, 0.15) is 19.3 Å². The van der Waals surface area contributed by atoms with Crippen molar-refractivity contribution in [2.75, 3.05) is 13.2 Å². The Kier molecular flexibility index (Phi) is 33.0. The van der Waals surface area contributed by atoms with Gasteiger partial charge in [-0.05, 0) is 51.4 Å². The van der Waals surface area contributed by atoms with Crippen molar-refractivity contribution in [2.45, 2.75) is 174 Å². The SMILES string of the molecule is CCCCCCCCCCCCCCCC(=O)OC[C@H](O)COC(=O)CCC/C=C\C/C=C\C/C=C\C/C=C\CC(O)CCC. The Bertz CT molecular complexity index is 784. The van der Waals surface area contributed by atoms with E-state index in [2.05, 4.69) is 62.5 Å². The molecule has 0 aromatic rings. The molecule has 0 aliphatic carbocycles. The fourth-order valence-corrected chi connectivity index (χ4v) is 4.86. The summed E-state index contributed by atoms with van der Waals surface area (Å²) in [5, 5.41) is 19.6. The van der Waals surface area contributed by atoms with Gasteiger partial charge in [0, 0.05) is 12.8 Å². The highest BCUT2D eigenvalue weighted by atomic mass is 16.6. The van der Waals surface area contributed by atoms with E-state index in [0.717, 1.165) is 64.2 Å². The first-order valence-corrected chi connectivity index (χ1v) is 18.3. The van der Waals surface area contributed by atoms with E-state index in [9.17, 15) is 19.8 Å². The van der Waals surface area contributed by atoms with Crippen LogP contribution in [0.5, 0.6) is 0 Å². The maximum atomic E-state index is 11.9. The first-order valence-electron chi connectivity index (χ1n) is 18.3. The Morgan fingerprint density at radius 2 is 0.933 bits per heavy atom. The highest BCUT2D eigenvalue weighted by molar-refractivity contribution is 5.69. The van der Waals surface area contributed by atoms with Crippen LogP contribution in [0.2, 0.25) is 0 Å². The molecule has 0 rings (SSSR count). The summed E-state index contributed by atoms with van der Waals surface area (Å²) in [5.41, 5.74) is 0. The van der Waals surface area contributed by atoms with Gasteiger partial charge in [0.15, 0.2) is 0 Å². The van der Waals surface area contributed by atoms with Crippen molar-refractivity contribution < 1.29 is 29.3 Å². The van der Waals surface area contributed by atoms with E-state index in [1.165, 1.54) is 64.2 Å². The van der Waals surface area contributed by atoms with Crippen LogP contribution in [0, 0.1) is 0 Å². The van der Waals surface area contributed by atoms with Crippen molar-refractivity contribution in [3.05, 3.63) is 48.6 Å². The first-order chi connectivity index (χ1) is 22.0. The standard InChI is InChI=1S/C39H68O6/c1-3-5-6-7-8-9-10-12-16-19-22-25-28-32-38(42)44-34-37(41)35-45-39(43)33-29-26-23-20-17-14-11-13-15-18-21-24-27-31-36(40)30-4-2/h11,14-15,18,20,23-24,27,36-37,40-41H,3-10,12-13,16-17,19,21-22,25-26,28-35H2,1-2H3/b14-11-,18-15-,23-20-,27-24-/t36?,37-/m0/s1. The van der Waals surface area contributed by atoms with E-state index in [1.54, 1.807) is 0 Å². The normalized spacial score (nSPS) is 13.4. The lowest BCUT2D eigenvalue weighted by atomic mass is 10.0. The van der Waals surface area contributed by atoms with E-state index < -0.39 is 6.10 Å². The number of unbranched alkanes of at least 4 members (excludes halogenated alkanes) is 13. The molecule has 6 heteroatoms. The summed E-state index contributed by atoms with van der Waals surface area (Å²) in [4.78, 5) is 23.8. The molecule has 6 nitrogen and oxygen atoms in total. The van der Waals surface area contributed by atoms with Crippen molar-refractivity contribution in [2.24, 2.45) is 0 Å². The van der Waals surface area contributed by atoms with Gasteiger partial charge in [-0.3, -0.25) is 9.59 Å². The molecule has 2 N–H and O–H groups in total. The van der Waals surface area contributed by atoms with Crippen LogP contribution >= 0.6 is 0 Å². The van der Waals surface area contributed by atoms with Crippen molar-refractivity contribution in [3.8, 4) is 0 Å². The number of carbonyl (C=O) groups excluding carboxylic acids is 2. The summed E-state index contributed by atoms with van der Waals surface area (Å²) in [6, 6.07) is 0. The molecule has 0 saturated heterocycles. The van der Waals surface area contributed by atoms with E-state index in [1.807, 2.05) is 0 Å². The third-order valence-electron chi connectivity index (χ3n) is 7.62. The molecule has 0 heterocycles. The Morgan fingerprint density at radius 3 is 1.42 bits per heavy atom. The number of hydrogen-bond acceptors (Lipinski definition) is 6. The van der Waals surface area contributed by atoms with Gasteiger partial charge in [-0.1, -0.05) is 146 Å². The monoisotopic (exact) mass is 633 g/mol. The van der Waals surface area contributed by atoms with Gasteiger partial charge in [-0.15, -0.1) is 0 Å². The van der Waals surface area contributed by atoms with Crippen LogP contribution in [0.3, 0.4) is 0 Å². The zero-order valence-electron chi connectivity index (χ0n) is 29.0. The Labute approximate surface area is 276 Å². The largest absolute Gasteiger partial charge is 0.463 e. The van der Waals surface area contributed by atoms with E-state index >= 15 is 0 Å². The van der Waals surface area contributed by atoms with Crippen LogP contribution in [0.25, 0.3) is 0 Å². The molecular weight excluding hydrogens is 564 g/mol. The predicted molar refractivity (Wildman–Crippen MR) is 188 cm³/mol. The number of carbonyl (C=O) groups is 2. The molecule has 1 unspecified atom stereocenters. The molecule has 2 atom stereocenters. The molecule has 45 heavy (non-hydrogen) atoms. The summed E-state index contributed by atoms with van der Waals surface area (Å²) < 4.78 is 10.2. The van der Waals surface area contributed by atoms with Crippen LogP contribution in [0.15, 0.2) is 48.6 Å². The van der Waals surface area contributed by atoms with E-state index in [4.69, 9.17) is 9.47 Å². The van der Waals surface area contributed by atoms with Crippen LogP contribution in [0.4, 0.5) is 0 Å². The molecule has 0 aromatic carbocycles. The van der Waals surface area contributed by atoms with Crippen molar-refractivity contribution in [1.29, 1.82) is 0 Å². The second kappa shape index (κ2) is 34.7. The number of esters is 2. The first kappa shape index (κ1) is 42.8. The number of hydrogen-bond donors (Lipinski definition) is 2. The minimum atomic E-state index is -0.993.